The Hall–Kier alpha value is -1.31. The van der Waals surface area contributed by atoms with Crippen LogP contribution < -0.4 is 5.32 Å². The van der Waals surface area contributed by atoms with Crippen LogP contribution in [0.5, 0.6) is 0 Å². The number of benzene rings is 1. The van der Waals surface area contributed by atoms with E-state index in [1.807, 2.05) is 11.8 Å². The maximum atomic E-state index is 13.2. The Labute approximate surface area is 159 Å². The van der Waals surface area contributed by atoms with Crippen molar-refractivity contribution in [2.45, 2.75) is 18.4 Å². The molecule has 0 aromatic heterocycles. The fourth-order valence-corrected chi connectivity index (χ4v) is 4.50. The minimum Gasteiger partial charge on any atom is -0.449 e. The molecular weight excluding hydrogens is 353 g/mol. The average Bonchev–Trinajstić information content (AvgIpc) is 2.64. The predicted octanol–water partition coefficient (Wildman–Crippen LogP) is 2.39. The van der Waals surface area contributed by atoms with Crippen LogP contribution in [0.3, 0.4) is 0 Å². The van der Waals surface area contributed by atoms with Crippen molar-refractivity contribution >= 4 is 17.9 Å². The number of nitrogens with zero attached hydrogens (tertiary/aromatic N) is 2. The Morgan fingerprint density at radius 2 is 2.00 bits per heavy atom. The summed E-state index contributed by atoms with van der Waals surface area (Å²) in [5.74, 6) is 2.34. The Bertz CT molecular complexity index is 575. The van der Waals surface area contributed by atoms with Gasteiger partial charge in [-0.05, 0) is 30.7 Å². The summed E-state index contributed by atoms with van der Waals surface area (Å²) in [6.07, 6.45) is 0.467. The monoisotopic (exact) mass is 381 g/mol. The molecule has 1 N–H and O–H groups in total. The van der Waals surface area contributed by atoms with Gasteiger partial charge < -0.3 is 15.0 Å². The molecule has 0 spiro atoms. The third-order valence-corrected chi connectivity index (χ3v) is 6.20. The summed E-state index contributed by atoms with van der Waals surface area (Å²) >= 11 is 2.05. The van der Waals surface area contributed by atoms with Gasteiger partial charge in [0.25, 0.3) is 0 Å². The number of hydrogen-bond acceptors (Lipinski definition) is 5. The van der Waals surface area contributed by atoms with Crippen molar-refractivity contribution in [2.75, 3.05) is 57.9 Å². The van der Waals surface area contributed by atoms with Crippen LogP contribution in [0.1, 0.15) is 17.9 Å². The number of thioether (sulfide) groups is 1. The Kier molecular flexibility index (Phi) is 7.16. The molecule has 2 aliphatic rings. The lowest BCUT2D eigenvalue weighted by molar-refractivity contribution is 0.0362. The standard InChI is InChI=1S/C19H28FN3O2S/c1-21-19(24)25-14-16(15-2-4-17(20)5-3-15)6-7-22-12-18(13-22)23-8-10-26-11-9-23/h2-5,16,18H,6-14H2,1H3,(H,21,24). The molecule has 1 aromatic rings. The van der Waals surface area contributed by atoms with Crippen molar-refractivity contribution in [3.8, 4) is 0 Å². The van der Waals surface area contributed by atoms with Gasteiger partial charge in [-0.3, -0.25) is 4.90 Å². The van der Waals surface area contributed by atoms with Gasteiger partial charge in [0, 0.05) is 56.7 Å². The first-order valence-corrected chi connectivity index (χ1v) is 10.5. The molecule has 2 fully saturated rings. The molecule has 1 atom stereocenters. The predicted molar refractivity (Wildman–Crippen MR) is 103 cm³/mol. The second-order valence-corrected chi connectivity index (χ2v) is 8.17. The molecule has 3 rings (SSSR count). The second-order valence-electron chi connectivity index (χ2n) is 6.95. The Morgan fingerprint density at radius 3 is 2.65 bits per heavy atom. The number of hydrogen-bond donors (Lipinski definition) is 1. The number of carbonyl (C=O) groups excluding carboxylic acids is 1. The van der Waals surface area contributed by atoms with E-state index >= 15 is 0 Å². The van der Waals surface area contributed by atoms with E-state index in [2.05, 4.69) is 15.1 Å². The third-order valence-electron chi connectivity index (χ3n) is 5.25. The number of carbonyl (C=O) groups is 1. The maximum absolute atomic E-state index is 13.2. The largest absolute Gasteiger partial charge is 0.449 e. The van der Waals surface area contributed by atoms with E-state index in [9.17, 15) is 9.18 Å². The van der Waals surface area contributed by atoms with Crippen LogP contribution in [0.4, 0.5) is 9.18 Å². The van der Waals surface area contributed by atoms with Crippen LogP contribution in [0.25, 0.3) is 0 Å². The summed E-state index contributed by atoms with van der Waals surface area (Å²) in [5, 5.41) is 2.47. The number of halogens is 1. The van der Waals surface area contributed by atoms with E-state index in [0.717, 1.165) is 31.6 Å². The third kappa shape index (κ3) is 5.34. The van der Waals surface area contributed by atoms with Gasteiger partial charge >= 0.3 is 6.09 Å². The number of ether oxygens (including phenoxy) is 1. The number of likely N-dealkylation sites (tertiary alicyclic amines) is 1. The maximum Gasteiger partial charge on any atom is 0.406 e. The van der Waals surface area contributed by atoms with Crippen molar-refractivity contribution in [3.63, 3.8) is 0 Å². The summed E-state index contributed by atoms with van der Waals surface area (Å²) in [5.41, 5.74) is 1.01. The van der Waals surface area contributed by atoms with Gasteiger partial charge in [-0.2, -0.15) is 11.8 Å². The normalized spacial score (nSPS) is 20.4. The van der Waals surface area contributed by atoms with Crippen molar-refractivity contribution in [1.29, 1.82) is 0 Å². The number of alkyl carbamates (subject to hydrolysis) is 1. The molecule has 144 valence electrons. The van der Waals surface area contributed by atoms with E-state index in [1.54, 1.807) is 19.2 Å². The molecule has 0 saturated carbocycles. The summed E-state index contributed by atoms with van der Waals surface area (Å²) in [6.45, 7) is 5.95. The van der Waals surface area contributed by atoms with Gasteiger partial charge in [0.15, 0.2) is 0 Å². The van der Waals surface area contributed by atoms with Crippen LogP contribution in [0.2, 0.25) is 0 Å². The molecule has 5 nitrogen and oxygen atoms in total. The topological polar surface area (TPSA) is 44.8 Å². The van der Waals surface area contributed by atoms with E-state index in [-0.39, 0.29) is 11.7 Å². The average molecular weight is 382 g/mol. The van der Waals surface area contributed by atoms with Crippen LogP contribution in [0.15, 0.2) is 24.3 Å². The molecule has 1 amide bonds. The molecule has 26 heavy (non-hydrogen) atoms. The van der Waals surface area contributed by atoms with E-state index < -0.39 is 6.09 Å². The smallest absolute Gasteiger partial charge is 0.406 e. The lowest BCUT2D eigenvalue weighted by Gasteiger charge is -2.47. The second kappa shape index (κ2) is 9.58. The highest BCUT2D eigenvalue weighted by atomic mass is 32.2. The van der Waals surface area contributed by atoms with Gasteiger partial charge in [0.2, 0.25) is 0 Å². The lowest BCUT2D eigenvalue weighted by atomic mass is 9.95. The van der Waals surface area contributed by atoms with Crippen LogP contribution in [-0.4, -0.2) is 79.8 Å². The fourth-order valence-electron chi connectivity index (χ4n) is 3.57. The zero-order valence-corrected chi connectivity index (χ0v) is 16.1. The first-order chi connectivity index (χ1) is 12.7. The van der Waals surface area contributed by atoms with E-state index in [0.29, 0.717) is 12.6 Å². The van der Waals surface area contributed by atoms with Crippen molar-refractivity contribution in [1.82, 2.24) is 15.1 Å². The highest BCUT2D eigenvalue weighted by molar-refractivity contribution is 7.99. The zero-order chi connectivity index (χ0) is 18.4. The molecule has 2 aliphatic heterocycles. The summed E-state index contributed by atoms with van der Waals surface area (Å²) in [4.78, 5) is 16.5. The van der Waals surface area contributed by atoms with Crippen molar-refractivity contribution in [2.24, 2.45) is 0 Å². The van der Waals surface area contributed by atoms with Crippen LogP contribution in [0, 0.1) is 5.82 Å². The van der Waals surface area contributed by atoms with Gasteiger partial charge in [0.05, 0.1) is 0 Å². The van der Waals surface area contributed by atoms with Crippen molar-refractivity contribution < 1.29 is 13.9 Å². The molecule has 2 saturated heterocycles. The Morgan fingerprint density at radius 1 is 1.31 bits per heavy atom. The quantitative estimate of drug-likeness (QED) is 0.786. The first-order valence-electron chi connectivity index (χ1n) is 9.30. The highest BCUT2D eigenvalue weighted by Gasteiger charge is 2.32. The highest BCUT2D eigenvalue weighted by Crippen LogP contribution is 2.24. The fraction of sp³-hybridized carbons (Fsp3) is 0.632. The molecule has 7 heteroatoms. The van der Waals surface area contributed by atoms with Gasteiger partial charge in [-0.25, -0.2) is 9.18 Å². The number of amides is 1. The number of nitrogens with one attached hydrogen (secondary N) is 1. The summed E-state index contributed by atoms with van der Waals surface area (Å²) < 4.78 is 18.5. The van der Waals surface area contributed by atoms with Crippen LogP contribution in [-0.2, 0) is 4.74 Å². The molecule has 0 bridgehead atoms. The first kappa shape index (κ1) is 19.5. The molecule has 2 heterocycles. The SMILES string of the molecule is CNC(=O)OCC(CCN1CC(N2CCSCC2)C1)c1ccc(F)cc1. The molecule has 0 radical (unpaired) electrons. The molecular formula is C19H28FN3O2S. The van der Waals surface area contributed by atoms with Crippen molar-refractivity contribution in [3.05, 3.63) is 35.6 Å². The zero-order valence-electron chi connectivity index (χ0n) is 15.3. The van der Waals surface area contributed by atoms with Gasteiger partial charge in [0.1, 0.15) is 12.4 Å². The summed E-state index contributed by atoms with van der Waals surface area (Å²) in [7, 11) is 1.55. The molecule has 0 aliphatic carbocycles. The minimum absolute atomic E-state index is 0.0818. The number of rotatable bonds is 7. The van der Waals surface area contributed by atoms with Gasteiger partial charge in [-0.1, -0.05) is 12.1 Å². The summed E-state index contributed by atoms with van der Waals surface area (Å²) in [6, 6.07) is 7.21. The minimum atomic E-state index is -0.427. The van der Waals surface area contributed by atoms with Gasteiger partial charge in [-0.15, -0.1) is 0 Å². The Balaban J connectivity index is 1.48. The molecule has 1 unspecified atom stereocenters. The van der Waals surface area contributed by atoms with Crippen LogP contribution >= 0.6 is 11.8 Å². The molecule has 1 aromatic carbocycles. The lowest BCUT2D eigenvalue weighted by Crippen LogP contribution is -2.60. The van der Waals surface area contributed by atoms with E-state index in [4.69, 9.17) is 4.74 Å². The van der Waals surface area contributed by atoms with E-state index in [1.165, 1.54) is 36.7 Å².